The molecule has 1 saturated heterocycles. The minimum Gasteiger partial charge on any atom is -0.463 e. The second-order valence-electron chi connectivity index (χ2n) is 5.50. The van der Waals surface area contributed by atoms with Crippen molar-refractivity contribution in [1.29, 1.82) is 0 Å². The Balaban J connectivity index is 1.80. The van der Waals surface area contributed by atoms with Gasteiger partial charge in [-0.15, -0.1) is 0 Å². The molecule has 0 aliphatic carbocycles. The number of thioether (sulfide) groups is 1. The maximum atomic E-state index is 12.2. The second kappa shape index (κ2) is 9.49. The number of esters is 1. The summed E-state index contributed by atoms with van der Waals surface area (Å²) >= 11 is 1.41. The lowest BCUT2D eigenvalue weighted by atomic mass is 10.2. The van der Waals surface area contributed by atoms with Gasteiger partial charge in [-0.05, 0) is 32.4 Å². The molecule has 0 saturated carbocycles. The topological polar surface area (TPSA) is 58.6 Å². The first-order valence-electron chi connectivity index (χ1n) is 8.23. The van der Waals surface area contributed by atoms with Crippen LogP contribution < -0.4 is 5.32 Å². The number of rotatable bonds is 8. The van der Waals surface area contributed by atoms with Crippen LogP contribution in [0.25, 0.3) is 0 Å². The van der Waals surface area contributed by atoms with Gasteiger partial charge in [0.15, 0.2) is 0 Å². The van der Waals surface area contributed by atoms with Crippen LogP contribution in [0.2, 0.25) is 0 Å². The number of benzene rings is 1. The molecule has 1 aromatic rings. The maximum absolute atomic E-state index is 12.2. The van der Waals surface area contributed by atoms with Crippen LogP contribution in [0.3, 0.4) is 0 Å². The number of nitrogens with one attached hydrogen (secondary N) is 1. The minimum absolute atomic E-state index is 0.0543. The first-order chi connectivity index (χ1) is 11.6. The highest BCUT2D eigenvalue weighted by atomic mass is 32.2. The third-order valence-electron chi connectivity index (χ3n) is 3.61. The van der Waals surface area contributed by atoms with E-state index in [-0.39, 0.29) is 11.2 Å². The van der Waals surface area contributed by atoms with Crippen molar-refractivity contribution in [3.05, 3.63) is 47.0 Å². The SMILES string of the molecule is CCOC(=O)/C=C1\SC(C)C(=O)N1CCCNCc1ccccc1. The van der Waals surface area contributed by atoms with Crippen molar-refractivity contribution in [1.82, 2.24) is 10.2 Å². The molecule has 1 aliphatic rings. The Labute approximate surface area is 147 Å². The summed E-state index contributed by atoms with van der Waals surface area (Å²) in [5.41, 5.74) is 1.24. The van der Waals surface area contributed by atoms with Gasteiger partial charge in [-0.1, -0.05) is 42.1 Å². The van der Waals surface area contributed by atoms with Crippen molar-refractivity contribution >= 4 is 23.6 Å². The average molecular weight is 348 g/mol. The van der Waals surface area contributed by atoms with E-state index in [0.717, 1.165) is 19.5 Å². The fraction of sp³-hybridized carbons (Fsp3) is 0.444. The molecule has 1 fully saturated rings. The summed E-state index contributed by atoms with van der Waals surface area (Å²) in [6.07, 6.45) is 2.25. The lowest BCUT2D eigenvalue weighted by molar-refractivity contribution is -0.137. The summed E-state index contributed by atoms with van der Waals surface area (Å²) in [5.74, 6) is -0.340. The monoisotopic (exact) mass is 348 g/mol. The Morgan fingerprint density at radius 1 is 1.38 bits per heavy atom. The zero-order chi connectivity index (χ0) is 17.4. The number of carbonyl (C=O) groups excluding carboxylic acids is 2. The number of amides is 1. The van der Waals surface area contributed by atoms with Gasteiger partial charge in [-0.25, -0.2) is 4.79 Å². The highest BCUT2D eigenvalue weighted by molar-refractivity contribution is 8.04. The largest absolute Gasteiger partial charge is 0.463 e. The van der Waals surface area contributed by atoms with Crippen LogP contribution >= 0.6 is 11.8 Å². The summed E-state index contributed by atoms with van der Waals surface area (Å²) in [5, 5.41) is 3.91. The molecule has 1 atom stereocenters. The number of carbonyl (C=O) groups is 2. The van der Waals surface area contributed by atoms with Crippen molar-refractivity contribution in [2.24, 2.45) is 0 Å². The molecule has 1 N–H and O–H groups in total. The highest BCUT2D eigenvalue weighted by Gasteiger charge is 2.33. The zero-order valence-corrected chi connectivity index (χ0v) is 15.0. The fourth-order valence-electron chi connectivity index (χ4n) is 2.43. The quantitative estimate of drug-likeness (QED) is 0.444. The normalized spacial score (nSPS) is 19.1. The van der Waals surface area contributed by atoms with Crippen molar-refractivity contribution in [3.63, 3.8) is 0 Å². The van der Waals surface area contributed by atoms with E-state index in [1.165, 1.54) is 23.4 Å². The molecule has 0 spiro atoms. The Morgan fingerprint density at radius 2 is 2.12 bits per heavy atom. The van der Waals surface area contributed by atoms with Crippen molar-refractivity contribution in [2.45, 2.75) is 32.1 Å². The molecule has 6 heteroatoms. The molecular formula is C18H24N2O3S. The van der Waals surface area contributed by atoms with Crippen molar-refractivity contribution < 1.29 is 14.3 Å². The molecule has 0 radical (unpaired) electrons. The second-order valence-corrected chi connectivity index (χ2v) is 6.86. The Morgan fingerprint density at radius 3 is 2.83 bits per heavy atom. The fourth-order valence-corrected chi connectivity index (χ4v) is 3.49. The Bertz CT molecular complexity index is 589. The summed E-state index contributed by atoms with van der Waals surface area (Å²) in [6, 6.07) is 10.2. The van der Waals surface area contributed by atoms with Gasteiger partial charge in [0, 0.05) is 13.1 Å². The number of nitrogens with zero attached hydrogens (tertiary/aromatic N) is 1. The van der Waals surface area contributed by atoms with Crippen LogP contribution in [-0.4, -0.2) is 41.7 Å². The van der Waals surface area contributed by atoms with Gasteiger partial charge in [-0.3, -0.25) is 4.79 Å². The summed E-state index contributed by atoms with van der Waals surface area (Å²) in [7, 11) is 0. The molecule has 0 aromatic heterocycles. The highest BCUT2D eigenvalue weighted by Crippen LogP contribution is 2.34. The number of ether oxygens (including phenoxy) is 1. The van der Waals surface area contributed by atoms with Gasteiger partial charge in [-0.2, -0.15) is 0 Å². The molecule has 1 heterocycles. The van der Waals surface area contributed by atoms with Crippen LogP contribution in [0.1, 0.15) is 25.8 Å². The predicted molar refractivity (Wildman–Crippen MR) is 96.2 cm³/mol. The third kappa shape index (κ3) is 5.39. The van der Waals surface area contributed by atoms with E-state index >= 15 is 0 Å². The third-order valence-corrected chi connectivity index (χ3v) is 4.75. The standard InChI is InChI=1S/C18H24N2O3S/c1-3-23-17(21)12-16-20(18(22)14(2)24-16)11-7-10-19-13-15-8-5-4-6-9-15/h4-6,8-9,12,14,19H,3,7,10-11,13H2,1-2H3/b16-12-. The lowest BCUT2D eigenvalue weighted by Gasteiger charge is -2.17. The molecule has 24 heavy (non-hydrogen) atoms. The van der Waals surface area contributed by atoms with Crippen molar-refractivity contribution in [2.75, 3.05) is 19.7 Å². The first-order valence-corrected chi connectivity index (χ1v) is 9.11. The first kappa shape index (κ1) is 18.5. The Hall–Kier alpha value is -1.79. The molecule has 5 nitrogen and oxygen atoms in total. The van der Waals surface area contributed by atoms with Crippen LogP contribution in [0, 0.1) is 0 Å². The van der Waals surface area contributed by atoms with E-state index in [4.69, 9.17) is 4.74 Å². The van der Waals surface area contributed by atoms with Gasteiger partial charge >= 0.3 is 5.97 Å². The minimum atomic E-state index is -0.394. The summed E-state index contributed by atoms with van der Waals surface area (Å²) < 4.78 is 4.94. The molecular weight excluding hydrogens is 324 g/mol. The molecule has 1 aromatic carbocycles. The number of hydrogen-bond acceptors (Lipinski definition) is 5. The Kier molecular flexibility index (Phi) is 7.34. The zero-order valence-electron chi connectivity index (χ0n) is 14.2. The number of hydrogen-bond donors (Lipinski definition) is 1. The molecule has 2 rings (SSSR count). The van der Waals surface area contributed by atoms with E-state index in [1.807, 2.05) is 25.1 Å². The van der Waals surface area contributed by atoms with Gasteiger partial charge in [0.1, 0.15) is 0 Å². The molecule has 0 bridgehead atoms. The van der Waals surface area contributed by atoms with Crippen LogP contribution in [0.5, 0.6) is 0 Å². The van der Waals surface area contributed by atoms with E-state index in [9.17, 15) is 9.59 Å². The lowest BCUT2D eigenvalue weighted by Crippen LogP contribution is -2.30. The maximum Gasteiger partial charge on any atom is 0.333 e. The van der Waals surface area contributed by atoms with E-state index in [1.54, 1.807) is 11.8 Å². The average Bonchev–Trinajstić information content (AvgIpc) is 2.83. The smallest absolute Gasteiger partial charge is 0.333 e. The van der Waals surface area contributed by atoms with Gasteiger partial charge < -0.3 is 15.0 Å². The van der Waals surface area contributed by atoms with Crippen LogP contribution in [0.4, 0.5) is 0 Å². The predicted octanol–water partition coefficient (Wildman–Crippen LogP) is 2.53. The molecule has 130 valence electrons. The van der Waals surface area contributed by atoms with Gasteiger partial charge in [0.05, 0.1) is 23.0 Å². The van der Waals surface area contributed by atoms with Crippen molar-refractivity contribution in [3.8, 4) is 0 Å². The van der Waals surface area contributed by atoms with Gasteiger partial charge in [0.2, 0.25) is 5.91 Å². The van der Waals surface area contributed by atoms with E-state index < -0.39 is 5.97 Å². The van der Waals surface area contributed by atoms with Crippen LogP contribution in [0.15, 0.2) is 41.4 Å². The van der Waals surface area contributed by atoms with Crippen LogP contribution in [-0.2, 0) is 20.9 Å². The van der Waals surface area contributed by atoms with E-state index in [2.05, 4.69) is 17.4 Å². The molecule has 1 amide bonds. The van der Waals surface area contributed by atoms with Gasteiger partial charge in [0.25, 0.3) is 0 Å². The summed E-state index contributed by atoms with van der Waals surface area (Å²) in [6.45, 7) is 6.18. The van der Waals surface area contributed by atoms with E-state index in [0.29, 0.717) is 18.2 Å². The molecule has 1 aliphatic heterocycles. The molecule has 1 unspecified atom stereocenters. The summed E-state index contributed by atoms with van der Waals surface area (Å²) in [4.78, 5) is 25.6.